The Hall–Kier alpha value is -1.36. The Morgan fingerprint density at radius 2 is 1.94 bits per heavy atom. The molecule has 1 aromatic heterocycles. The molecule has 0 bridgehead atoms. The third-order valence-corrected chi connectivity index (χ3v) is 4.15. The van der Waals surface area contributed by atoms with Gasteiger partial charge in [0.15, 0.2) is 0 Å². The summed E-state index contributed by atoms with van der Waals surface area (Å²) in [4.78, 5) is 16.7. The number of carbonyl (C=O) groups excluding carboxylic acids is 1. The van der Waals surface area contributed by atoms with Crippen LogP contribution in [0.2, 0.25) is 0 Å². The zero-order valence-corrected chi connectivity index (χ0v) is 10.6. The quantitative estimate of drug-likeness (QED) is 0.853. The number of nitrogens with zero attached hydrogens (tertiary/aromatic N) is 3. The van der Waals surface area contributed by atoms with Crippen LogP contribution in [0.3, 0.4) is 0 Å². The lowest BCUT2D eigenvalue weighted by Crippen LogP contribution is -2.45. The Morgan fingerprint density at radius 1 is 1.22 bits per heavy atom. The van der Waals surface area contributed by atoms with E-state index in [1.807, 2.05) is 4.90 Å². The summed E-state index contributed by atoms with van der Waals surface area (Å²) in [6.07, 6.45) is 8.19. The van der Waals surface area contributed by atoms with E-state index in [1.54, 1.807) is 12.4 Å². The van der Waals surface area contributed by atoms with E-state index >= 15 is 0 Å². The zero-order valence-electron chi connectivity index (χ0n) is 10.6. The Morgan fingerprint density at radius 3 is 2.56 bits per heavy atom. The fourth-order valence-corrected chi connectivity index (χ4v) is 3.09. The molecular formula is C13H20N4O. The van der Waals surface area contributed by atoms with Gasteiger partial charge < -0.3 is 9.80 Å². The monoisotopic (exact) mass is 248 g/mol. The number of piperidine rings is 1. The molecule has 2 aliphatic rings. The molecule has 0 radical (unpaired) electrons. The summed E-state index contributed by atoms with van der Waals surface area (Å²) < 4.78 is 0. The highest BCUT2D eigenvalue weighted by molar-refractivity contribution is 5.93. The van der Waals surface area contributed by atoms with Gasteiger partial charge >= 0.3 is 0 Å². The summed E-state index contributed by atoms with van der Waals surface area (Å²) in [5.74, 6) is 0.114. The molecule has 0 aromatic carbocycles. The number of nitrogens with one attached hydrogen (secondary N) is 1. The largest absolute Gasteiger partial charge is 0.338 e. The Kier molecular flexibility index (Phi) is 3.32. The van der Waals surface area contributed by atoms with Gasteiger partial charge in [-0.2, -0.15) is 5.10 Å². The van der Waals surface area contributed by atoms with Gasteiger partial charge in [0.1, 0.15) is 0 Å². The van der Waals surface area contributed by atoms with Gasteiger partial charge in [0.05, 0.1) is 11.8 Å². The molecule has 1 aromatic rings. The maximum atomic E-state index is 12.1. The van der Waals surface area contributed by atoms with Crippen molar-refractivity contribution < 1.29 is 4.79 Å². The molecule has 0 spiro atoms. The number of amides is 1. The average Bonchev–Trinajstić information content (AvgIpc) is 3.11. The van der Waals surface area contributed by atoms with Crippen LogP contribution in [-0.4, -0.2) is 58.1 Å². The molecule has 5 nitrogen and oxygen atoms in total. The second-order valence-corrected chi connectivity index (χ2v) is 5.25. The van der Waals surface area contributed by atoms with Crippen molar-refractivity contribution in [1.29, 1.82) is 0 Å². The van der Waals surface area contributed by atoms with Crippen molar-refractivity contribution in [3.8, 4) is 0 Å². The minimum atomic E-state index is 0.114. The molecule has 5 heteroatoms. The highest BCUT2D eigenvalue weighted by atomic mass is 16.2. The SMILES string of the molecule is O=C(c1cn[nH]c1)N1CCC(N2CCCC2)CC1. The van der Waals surface area contributed by atoms with E-state index in [4.69, 9.17) is 0 Å². The van der Waals surface area contributed by atoms with Crippen molar-refractivity contribution in [3.63, 3.8) is 0 Å². The van der Waals surface area contributed by atoms with Gasteiger partial charge in [0.2, 0.25) is 0 Å². The van der Waals surface area contributed by atoms with Crippen molar-refractivity contribution in [2.75, 3.05) is 26.2 Å². The number of hydrogen-bond donors (Lipinski definition) is 1. The summed E-state index contributed by atoms with van der Waals surface area (Å²) in [6.45, 7) is 4.26. The standard InChI is InChI=1S/C13H20N4O/c18-13(11-9-14-15-10-11)17-7-3-12(4-8-17)16-5-1-2-6-16/h9-10,12H,1-8H2,(H,14,15). The van der Waals surface area contributed by atoms with Crippen molar-refractivity contribution in [2.24, 2.45) is 0 Å². The van der Waals surface area contributed by atoms with Gasteiger partial charge in [0, 0.05) is 25.3 Å². The van der Waals surface area contributed by atoms with Crippen molar-refractivity contribution in [1.82, 2.24) is 20.0 Å². The first-order chi connectivity index (χ1) is 8.84. The minimum absolute atomic E-state index is 0.114. The first kappa shape index (κ1) is 11.7. The molecule has 1 amide bonds. The normalized spacial score (nSPS) is 22.6. The smallest absolute Gasteiger partial charge is 0.257 e. The number of H-pyrrole nitrogens is 1. The van der Waals surface area contributed by atoms with Gasteiger partial charge in [0.25, 0.3) is 5.91 Å². The van der Waals surface area contributed by atoms with E-state index in [2.05, 4.69) is 15.1 Å². The van der Waals surface area contributed by atoms with Gasteiger partial charge in [-0.05, 0) is 38.8 Å². The fraction of sp³-hybridized carbons (Fsp3) is 0.692. The summed E-state index contributed by atoms with van der Waals surface area (Å²) >= 11 is 0. The molecule has 0 atom stereocenters. The predicted octanol–water partition coefficient (Wildman–Crippen LogP) is 1.11. The van der Waals surface area contributed by atoms with Crippen LogP contribution < -0.4 is 0 Å². The van der Waals surface area contributed by atoms with Crippen LogP contribution in [0.15, 0.2) is 12.4 Å². The molecule has 3 rings (SSSR count). The van der Waals surface area contributed by atoms with Crippen LogP contribution >= 0.6 is 0 Å². The Labute approximate surface area is 107 Å². The topological polar surface area (TPSA) is 52.2 Å². The van der Waals surface area contributed by atoms with Gasteiger partial charge in [-0.15, -0.1) is 0 Å². The third kappa shape index (κ3) is 2.27. The zero-order chi connectivity index (χ0) is 12.4. The molecule has 2 fully saturated rings. The van der Waals surface area contributed by atoms with Crippen molar-refractivity contribution >= 4 is 5.91 Å². The second kappa shape index (κ2) is 5.10. The lowest BCUT2D eigenvalue weighted by atomic mass is 10.0. The molecular weight excluding hydrogens is 228 g/mol. The Bertz CT molecular complexity index is 389. The summed E-state index contributed by atoms with van der Waals surface area (Å²) in [6, 6.07) is 0.695. The maximum absolute atomic E-state index is 12.1. The number of aromatic amines is 1. The molecule has 1 N–H and O–H groups in total. The molecule has 2 saturated heterocycles. The molecule has 3 heterocycles. The van der Waals surface area contributed by atoms with Crippen LogP contribution in [0.5, 0.6) is 0 Å². The van der Waals surface area contributed by atoms with Crippen LogP contribution in [0.4, 0.5) is 0 Å². The molecule has 2 aliphatic heterocycles. The lowest BCUT2D eigenvalue weighted by molar-refractivity contribution is 0.0644. The number of rotatable bonds is 2. The van der Waals surface area contributed by atoms with Crippen LogP contribution in [0.25, 0.3) is 0 Å². The van der Waals surface area contributed by atoms with E-state index in [0.717, 1.165) is 25.9 Å². The molecule has 0 saturated carbocycles. The minimum Gasteiger partial charge on any atom is -0.338 e. The predicted molar refractivity (Wildman–Crippen MR) is 68.3 cm³/mol. The molecule has 0 unspecified atom stereocenters. The third-order valence-electron chi connectivity index (χ3n) is 4.15. The molecule has 98 valence electrons. The number of hydrogen-bond acceptors (Lipinski definition) is 3. The Balaban J connectivity index is 1.55. The first-order valence-corrected chi connectivity index (χ1v) is 6.87. The van der Waals surface area contributed by atoms with E-state index in [0.29, 0.717) is 11.6 Å². The number of likely N-dealkylation sites (tertiary alicyclic amines) is 2. The van der Waals surface area contributed by atoms with Crippen LogP contribution in [0.1, 0.15) is 36.0 Å². The second-order valence-electron chi connectivity index (χ2n) is 5.25. The molecule has 0 aliphatic carbocycles. The van der Waals surface area contributed by atoms with Gasteiger partial charge in [-0.3, -0.25) is 9.89 Å². The van der Waals surface area contributed by atoms with Crippen molar-refractivity contribution in [2.45, 2.75) is 31.7 Å². The van der Waals surface area contributed by atoms with Crippen LogP contribution in [0, 0.1) is 0 Å². The summed E-state index contributed by atoms with van der Waals surface area (Å²) in [5.41, 5.74) is 0.676. The van der Waals surface area contributed by atoms with E-state index < -0.39 is 0 Å². The van der Waals surface area contributed by atoms with Gasteiger partial charge in [-0.25, -0.2) is 0 Å². The highest BCUT2D eigenvalue weighted by Gasteiger charge is 2.28. The average molecular weight is 248 g/mol. The number of carbonyl (C=O) groups is 1. The van der Waals surface area contributed by atoms with E-state index in [1.165, 1.54) is 25.9 Å². The van der Waals surface area contributed by atoms with E-state index in [-0.39, 0.29) is 5.91 Å². The van der Waals surface area contributed by atoms with E-state index in [9.17, 15) is 4.79 Å². The maximum Gasteiger partial charge on any atom is 0.257 e. The summed E-state index contributed by atoms with van der Waals surface area (Å²) in [7, 11) is 0. The first-order valence-electron chi connectivity index (χ1n) is 6.87. The number of aromatic nitrogens is 2. The van der Waals surface area contributed by atoms with Gasteiger partial charge in [-0.1, -0.05) is 0 Å². The van der Waals surface area contributed by atoms with Crippen molar-refractivity contribution in [3.05, 3.63) is 18.0 Å². The highest BCUT2D eigenvalue weighted by Crippen LogP contribution is 2.21. The molecule has 18 heavy (non-hydrogen) atoms. The van der Waals surface area contributed by atoms with Crippen LogP contribution in [-0.2, 0) is 0 Å². The lowest BCUT2D eigenvalue weighted by Gasteiger charge is -2.36. The summed E-state index contributed by atoms with van der Waals surface area (Å²) in [5, 5.41) is 6.53. The fourth-order valence-electron chi connectivity index (χ4n) is 3.09.